The summed E-state index contributed by atoms with van der Waals surface area (Å²) in [6, 6.07) is 4.24. The smallest absolute Gasteiger partial charge is 0.416 e. The van der Waals surface area contributed by atoms with Gasteiger partial charge in [0.05, 0.1) is 17.9 Å². The van der Waals surface area contributed by atoms with Crippen LogP contribution in [0.3, 0.4) is 0 Å². The summed E-state index contributed by atoms with van der Waals surface area (Å²) >= 11 is 0. The summed E-state index contributed by atoms with van der Waals surface area (Å²) < 4.78 is 64.8. The molecule has 0 saturated heterocycles. The van der Waals surface area contributed by atoms with E-state index in [1.165, 1.54) is 12.1 Å². The second kappa shape index (κ2) is 6.65. The van der Waals surface area contributed by atoms with Gasteiger partial charge in [-0.1, -0.05) is 13.8 Å². The van der Waals surface area contributed by atoms with Crippen LogP contribution in [0.4, 0.5) is 13.2 Å². The van der Waals surface area contributed by atoms with E-state index in [1.54, 1.807) is 0 Å². The van der Waals surface area contributed by atoms with Crippen molar-refractivity contribution < 1.29 is 26.3 Å². The molecular weight excluding hydrogens is 307 g/mol. The number of sulfonamides is 1. The molecule has 2 N–H and O–H groups in total. The normalized spacial score (nSPS) is 14.2. The zero-order chi connectivity index (χ0) is 16.3. The fraction of sp³-hybridized carbons (Fsp3) is 0.538. The first-order chi connectivity index (χ1) is 9.49. The van der Waals surface area contributed by atoms with E-state index in [2.05, 4.69) is 0 Å². The number of primary sulfonamides is 1. The maximum absolute atomic E-state index is 12.4. The van der Waals surface area contributed by atoms with Gasteiger partial charge in [-0.25, -0.2) is 13.6 Å². The zero-order valence-electron chi connectivity index (χ0n) is 11.7. The molecule has 8 heteroatoms. The Balaban J connectivity index is 2.68. The van der Waals surface area contributed by atoms with Crippen LogP contribution in [0.15, 0.2) is 24.3 Å². The number of alkyl halides is 3. The van der Waals surface area contributed by atoms with Crippen LogP contribution in [-0.2, 0) is 16.2 Å². The van der Waals surface area contributed by atoms with Crippen LogP contribution in [0.25, 0.3) is 0 Å². The molecule has 1 aromatic rings. The van der Waals surface area contributed by atoms with E-state index in [0.29, 0.717) is 0 Å². The molecule has 0 aliphatic heterocycles. The monoisotopic (exact) mass is 325 g/mol. The Labute approximate surface area is 122 Å². The van der Waals surface area contributed by atoms with Gasteiger partial charge in [0.2, 0.25) is 10.0 Å². The van der Waals surface area contributed by atoms with Crippen LogP contribution in [0.1, 0.15) is 19.4 Å². The molecular formula is C13H18F3NO3S. The van der Waals surface area contributed by atoms with E-state index in [0.717, 1.165) is 12.1 Å². The van der Waals surface area contributed by atoms with Crippen molar-refractivity contribution >= 4 is 10.0 Å². The molecule has 0 aromatic heterocycles. The highest BCUT2D eigenvalue weighted by Gasteiger charge is 2.30. The lowest BCUT2D eigenvalue weighted by Crippen LogP contribution is -2.30. The molecule has 1 atom stereocenters. The molecule has 0 aliphatic carbocycles. The minimum absolute atomic E-state index is 0.0118. The number of rotatable bonds is 6. The van der Waals surface area contributed by atoms with Crippen molar-refractivity contribution in [3.8, 4) is 5.75 Å². The van der Waals surface area contributed by atoms with E-state index in [-0.39, 0.29) is 29.9 Å². The van der Waals surface area contributed by atoms with E-state index in [1.807, 2.05) is 13.8 Å². The van der Waals surface area contributed by atoms with Gasteiger partial charge in [-0.3, -0.25) is 0 Å². The second-order valence-corrected chi connectivity index (χ2v) is 6.83. The van der Waals surface area contributed by atoms with Gasteiger partial charge in [-0.05, 0) is 30.2 Å². The highest BCUT2D eigenvalue weighted by atomic mass is 32.2. The van der Waals surface area contributed by atoms with Gasteiger partial charge in [0, 0.05) is 5.92 Å². The van der Waals surface area contributed by atoms with Gasteiger partial charge in [-0.15, -0.1) is 0 Å². The molecule has 0 fully saturated rings. The fourth-order valence-corrected chi connectivity index (χ4v) is 2.75. The molecule has 21 heavy (non-hydrogen) atoms. The molecule has 4 nitrogen and oxygen atoms in total. The second-order valence-electron chi connectivity index (χ2n) is 5.17. The van der Waals surface area contributed by atoms with Crippen molar-refractivity contribution in [1.82, 2.24) is 0 Å². The van der Waals surface area contributed by atoms with E-state index in [4.69, 9.17) is 9.88 Å². The highest BCUT2D eigenvalue weighted by molar-refractivity contribution is 7.89. The maximum Gasteiger partial charge on any atom is 0.416 e. The summed E-state index contributed by atoms with van der Waals surface area (Å²) in [5.41, 5.74) is -0.764. The maximum atomic E-state index is 12.4. The van der Waals surface area contributed by atoms with Gasteiger partial charge in [-0.2, -0.15) is 13.2 Å². The highest BCUT2D eigenvalue weighted by Crippen LogP contribution is 2.30. The Bertz CT molecular complexity index is 553. The third kappa shape index (κ3) is 6.34. The molecule has 0 heterocycles. The lowest BCUT2D eigenvalue weighted by molar-refractivity contribution is -0.137. The first kappa shape index (κ1) is 17.8. The first-order valence-electron chi connectivity index (χ1n) is 6.29. The van der Waals surface area contributed by atoms with Crippen LogP contribution in [0.5, 0.6) is 5.75 Å². The quantitative estimate of drug-likeness (QED) is 0.874. The Hall–Kier alpha value is -1.28. The van der Waals surface area contributed by atoms with Crippen LogP contribution in [-0.4, -0.2) is 20.8 Å². The van der Waals surface area contributed by atoms with Crippen LogP contribution < -0.4 is 9.88 Å². The molecule has 1 aromatic carbocycles. The van der Waals surface area contributed by atoms with Crippen LogP contribution >= 0.6 is 0 Å². The average molecular weight is 325 g/mol. The van der Waals surface area contributed by atoms with Crippen molar-refractivity contribution in [2.45, 2.75) is 20.0 Å². The molecule has 0 amide bonds. The number of nitrogens with two attached hydrogens (primary N) is 1. The van der Waals surface area contributed by atoms with Crippen molar-refractivity contribution in [3.63, 3.8) is 0 Å². The standard InChI is InChI=1S/C13H18F3NO3S/c1-9(2)10(8-21(17,18)19)7-20-12-5-3-11(4-6-12)13(14,15)16/h3-6,9-10H,7-8H2,1-2H3,(H2,17,18,19). The van der Waals surface area contributed by atoms with E-state index in [9.17, 15) is 21.6 Å². The van der Waals surface area contributed by atoms with Crippen molar-refractivity contribution in [2.75, 3.05) is 12.4 Å². The van der Waals surface area contributed by atoms with Gasteiger partial charge < -0.3 is 4.74 Å². The summed E-state index contributed by atoms with van der Waals surface area (Å²) in [5.74, 6) is -0.297. The Morgan fingerprint density at radius 2 is 1.71 bits per heavy atom. The predicted octanol–water partition coefficient (Wildman–Crippen LogP) is 2.64. The minimum Gasteiger partial charge on any atom is -0.493 e. The van der Waals surface area contributed by atoms with Crippen LogP contribution in [0, 0.1) is 11.8 Å². The van der Waals surface area contributed by atoms with Gasteiger partial charge in [0.15, 0.2) is 0 Å². The summed E-state index contributed by atoms with van der Waals surface area (Å²) in [4.78, 5) is 0. The summed E-state index contributed by atoms with van der Waals surface area (Å²) in [7, 11) is -3.63. The minimum atomic E-state index is -4.40. The topological polar surface area (TPSA) is 69.4 Å². The lowest BCUT2D eigenvalue weighted by Gasteiger charge is -2.20. The molecule has 0 aliphatic rings. The third-order valence-corrected chi connectivity index (χ3v) is 3.93. The van der Waals surface area contributed by atoms with Crippen molar-refractivity contribution in [3.05, 3.63) is 29.8 Å². The molecule has 1 rings (SSSR count). The third-order valence-electron chi connectivity index (χ3n) is 3.03. The van der Waals surface area contributed by atoms with Crippen molar-refractivity contribution in [2.24, 2.45) is 17.0 Å². The molecule has 0 saturated carbocycles. The van der Waals surface area contributed by atoms with Gasteiger partial charge in [0.1, 0.15) is 5.75 Å². The molecule has 0 spiro atoms. The Kier molecular flexibility index (Phi) is 5.63. The van der Waals surface area contributed by atoms with Gasteiger partial charge in [0.25, 0.3) is 0 Å². The number of benzene rings is 1. The molecule has 0 radical (unpaired) electrons. The molecule has 120 valence electrons. The van der Waals surface area contributed by atoms with Crippen LogP contribution in [0.2, 0.25) is 0 Å². The van der Waals surface area contributed by atoms with Gasteiger partial charge >= 0.3 is 6.18 Å². The first-order valence-corrected chi connectivity index (χ1v) is 8.01. The number of halogens is 3. The molecule has 0 bridgehead atoms. The summed E-state index contributed by atoms with van der Waals surface area (Å²) in [6.07, 6.45) is -4.40. The predicted molar refractivity (Wildman–Crippen MR) is 73.2 cm³/mol. The fourth-order valence-electron chi connectivity index (χ4n) is 1.67. The number of hydrogen-bond donors (Lipinski definition) is 1. The number of hydrogen-bond acceptors (Lipinski definition) is 3. The number of ether oxygens (including phenoxy) is 1. The van der Waals surface area contributed by atoms with E-state index >= 15 is 0 Å². The Morgan fingerprint density at radius 1 is 1.19 bits per heavy atom. The average Bonchev–Trinajstić information content (AvgIpc) is 2.32. The molecule has 1 unspecified atom stereocenters. The lowest BCUT2D eigenvalue weighted by atomic mass is 9.99. The summed E-state index contributed by atoms with van der Waals surface area (Å²) in [6.45, 7) is 3.72. The Morgan fingerprint density at radius 3 is 2.10 bits per heavy atom. The largest absolute Gasteiger partial charge is 0.493 e. The van der Waals surface area contributed by atoms with E-state index < -0.39 is 21.8 Å². The summed E-state index contributed by atoms with van der Waals surface area (Å²) in [5, 5.41) is 5.00. The van der Waals surface area contributed by atoms with Crippen molar-refractivity contribution in [1.29, 1.82) is 0 Å². The zero-order valence-corrected chi connectivity index (χ0v) is 12.5. The SMILES string of the molecule is CC(C)C(COc1ccc(C(F)(F)F)cc1)CS(N)(=O)=O.